The van der Waals surface area contributed by atoms with Crippen molar-refractivity contribution < 1.29 is 23.1 Å². The first-order valence-electron chi connectivity index (χ1n) is 8.77. The van der Waals surface area contributed by atoms with Crippen molar-refractivity contribution in [1.82, 2.24) is 0 Å². The molecule has 146 valence electrons. The minimum Gasteiger partial charge on any atom is -0.496 e. The number of amides is 2. The summed E-state index contributed by atoms with van der Waals surface area (Å²) in [5.74, 6) is 0.172. The largest absolute Gasteiger partial charge is 0.496 e. The number of imide groups is 1. The summed E-state index contributed by atoms with van der Waals surface area (Å²) in [6.07, 6.45) is 1.55. The Morgan fingerprint density at radius 1 is 1.00 bits per heavy atom. The summed E-state index contributed by atoms with van der Waals surface area (Å²) in [7, 11) is 1.51. The van der Waals surface area contributed by atoms with Gasteiger partial charge in [-0.15, -0.1) is 11.8 Å². The van der Waals surface area contributed by atoms with Gasteiger partial charge in [0.25, 0.3) is 11.8 Å². The second kappa shape index (κ2) is 7.97. The van der Waals surface area contributed by atoms with Crippen LogP contribution in [0.25, 0.3) is 5.57 Å². The maximum Gasteiger partial charge on any atom is 0.272 e. The Morgan fingerprint density at radius 3 is 2.45 bits per heavy atom. The molecule has 2 amide bonds. The molecule has 0 aliphatic carbocycles. The summed E-state index contributed by atoms with van der Waals surface area (Å²) >= 11 is 1.22. The predicted octanol–water partition coefficient (Wildman–Crippen LogP) is 4.65. The van der Waals surface area contributed by atoms with Crippen LogP contribution in [0, 0.1) is 5.82 Å². The number of carbonyl (C=O) groups is 2. The molecule has 0 radical (unpaired) electrons. The van der Waals surface area contributed by atoms with Gasteiger partial charge in [0.05, 0.1) is 35.3 Å². The standard InChI is InChI=1S/C22H16FNO4S/c1-27-18-7-3-2-6-17(18)19-20(29-13-16-5-4-12-28-16)22(26)24(21(19)25)15-10-8-14(23)9-11-15/h2-12H,13H2,1H3. The van der Waals surface area contributed by atoms with Crippen molar-refractivity contribution in [2.75, 3.05) is 12.0 Å². The number of rotatable bonds is 6. The molecule has 1 aliphatic rings. The fourth-order valence-electron chi connectivity index (χ4n) is 3.09. The number of furan rings is 1. The highest BCUT2D eigenvalue weighted by atomic mass is 32.2. The lowest BCUT2D eigenvalue weighted by Crippen LogP contribution is -2.31. The fraction of sp³-hybridized carbons (Fsp3) is 0.0909. The highest BCUT2D eigenvalue weighted by Crippen LogP contribution is 2.42. The average molecular weight is 409 g/mol. The number of nitrogens with zero attached hydrogens (tertiary/aromatic N) is 1. The maximum absolute atomic E-state index is 13.3. The van der Waals surface area contributed by atoms with E-state index in [0.29, 0.717) is 33.4 Å². The van der Waals surface area contributed by atoms with E-state index in [0.717, 1.165) is 4.90 Å². The third kappa shape index (κ3) is 3.56. The van der Waals surface area contributed by atoms with Crippen LogP contribution in [0.5, 0.6) is 5.75 Å². The Morgan fingerprint density at radius 2 is 1.76 bits per heavy atom. The van der Waals surface area contributed by atoms with Gasteiger partial charge in [0.2, 0.25) is 0 Å². The molecule has 0 saturated carbocycles. The topological polar surface area (TPSA) is 59.8 Å². The summed E-state index contributed by atoms with van der Waals surface area (Å²) in [5.41, 5.74) is 1.09. The molecule has 29 heavy (non-hydrogen) atoms. The number of methoxy groups -OCH3 is 1. The van der Waals surface area contributed by atoms with E-state index < -0.39 is 17.6 Å². The van der Waals surface area contributed by atoms with Gasteiger partial charge >= 0.3 is 0 Å². The van der Waals surface area contributed by atoms with E-state index in [-0.39, 0.29) is 5.57 Å². The molecule has 2 aromatic carbocycles. The van der Waals surface area contributed by atoms with Gasteiger partial charge in [0, 0.05) is 5.56 Å². The predicted molar refractivity (Wildman–Crippen MR) is 109 cm³/mol. The molecule has 0 unspecified atom stereocenters. The van der Waals surface area contributed by atoms with Crippen molar-refractivity contribution in [1.29, 1.82) is 0 Å². The lowest BCUT2D eigenvalue weighted by atomic mass is 10.0. The van der Waals surface area contributed by atoms with Crippen molar-refractivity contribution in [2.24, 2.45) is 0 Å². The van der Waals surface area contributed by atoms with Crippen LogP contribution < -0.4 is 9.64 Å². The van der Waals surface area contributed by atoms with Crippen molar-refractivity contribution in [3.63, 3.8) is 0 Å². The first-order valence-corrected chi connectivity index (χ1v) is 9.76. The van der Waals surface area contributed by atoms with Gasteiger partial charge in [-0.1, -0.05) is 18.2 Å². The normalized spacial score (nSPS) is 14.1. The van der Waals surface area contributed by atoms with Gasteiger partial charge in [-0.2, -0.15) is 0 Å². The zero-order valence-electron chi connectivity index (χ0n) is 15.4. The molecule has 0 spiro atoms. The smallest absolute Gasteiger partial charge is 0.272 e. The van der Waals surface area contributed by atoms with Crippen LogP contribution in [0.1, 0.15) is 11.3 Å². The minimum atomic E-state index is -0.479. The second-order valence-electron chi connectivity index (χ2n) is 6.19. The van der Waals surface area contributed by atoms with E-state index in [1.165, 1.54) is 43.1 Å². The Balaban J connectivity index is 1.79. The molecule has 3 aromatic rings. The number of hydrogen-bond acceptors (Lipinski definition) is 5. The van der Waals surface area contributed by atoms with Crippen LogP contribution in [0.15, 0.2) is 76.2 Å². The third-order valence-corrected chi connectivity index (χ3v) is 5.54. The molecule has 2 heterocycles. The number of benzene rings is 2. The monoisotopic (exact) mass is 409 g/mol. The summed E-state index contributed by atoms with van der Waals surface area (Å²) in [5, 5.41) is 0. The molecule has 0 bridgehead atoms. The van der Waals surface area contributed by atoms with Crippen molar-refractivity contribution in [2.45, 2.75) is 5.75 Å². The molecule has 4 rings (SSSR count). The lowest BCUT2D eigenvalue weighted by molar-refractivity contribution is -0.119. The summed E-state index contributed by atoms with van der Waals surface area (Å²) < 4.78 is 24.1. The first kappa shape index (κ1) is 19.0. The second-order valence-corrected chi connectivity index (χ2v) is 7.18. The summed E-state index contributed by atoms with van der Waals surface area (Å²) in [6, 6.07) is 15.8. The van der Waals surface area contributed by atoms with E-state index in [2.05, 4.69) is 0 Å². The van der Waals surface area contributed by atoms with Crippen LogP contribution in [-0.2, 0) is 15.3 Å². The van der Waals surface area contributed by atoms with Crippen LogP contribution in [0.4, 0.5) is 10.1 Å². The molecule has 0 N–H and O–H groups in total. The molecule has 5 nitrogen and oxygen atoms in total. The van der Waals surface area contributed by atoms with Gasteiger partial charge in [-0.25, -0.2) is 9.29 Å². The summed E-state index contributed by atoms with van der Waals surface area (Å²) in [4.78, 5) is 27.9. The van der Waals surface area contributed by atoms with Crippen molar-refractivity contribution in [3.8, 4) is 5.75 Å². The van der Waals surface area contributed by atoms with Crippen LogP contribution in [0.3, 0.4) is 0 Å². The number of ether oxygens (including phenoxy) is 1. The zero-order chi connectivity index (χ0) is 20.4. The molecule has 1 aliphatic heterocycles. The Hall–Kier alpha value is -3.32. The van der Waals surface area contributed by atoms with E-state index in [1.807, 2.05) is 0 Å². The Bertz CT molecular complexity index is 1090. The number of hydrogen-bond donors (Lipinski definition) is 0. The van der Waals surface area contributed by atoms with Crippen LogP contribution >= 0.6 is 11.8 Å². The van der Waals surface area contributed by atoms with E-state index in [4.69, 9.17) is 9.15 Å². The third-order valence-electron chi connectivity index (χ3n) is 4.44. The Labute approximate surface area is 170 Å². The SMILES string of the molecule is COc1ccccc1C1=C(SCc2ccco2)C(=O)N(c2ccc(F)cc2)C1=O. The van der Waals surface area contributed by atoms with Gasteiger partial charge in [0.1, 0.15) is 17.3 Å². The van der Waals surface area contributed by atoms with Crippen molar-refractivity contribution >= 4 is 34.8 Å². The molecule has 0 saturated heterocycles. The van der Waals surface area contributed by atoms with E-state index in [1.54, 1.807) is 42.7 Å². The van der Waals surface area contributed by atoms with Gasteiger partial charge in [0.15, 0.2) is 0 Å². The van der Waals surface area contributed by atoms with Crippen molar-refractivity contribution in [3.05, 3.63) is 89.0 Å². The van der Waals surface area contributed by atoms with Crippen LogP contribution in [-0.4, -0.2) is 18.9 Å². The highest BCUT2D eigenvalue weighted by Gasteiger charge is 2.41. The van der Waals surface area contributed by atoms with E-state index >= 15 is 0 Å². The average Bonchev–Trinajstić information content (AvgIpc) is 3.33. The number of thioether (sulfide) groups is 1. The maximum atomic E-state index is 13.3. The number of halogens is 1. The zero-order valence-corrected chi connectivity index (χ0v) is 16.2. The van der Waals surface area contributed by atoms with Gasteiger partial charge < -0.3 is 9.15 Å². The number of carbonyl (C=O) groups excluding carboxylic acids is 2. The molecule has 0 atom stereocenters. The number of para-hydroxylation sites is 1. The Kier molecular flexibility index (Phi) is 5.22. The molecule has 1 aromatic heterocycles. The molecular weight excluding hydrogens is 393 g/mol. The summed E-state index contributed by atoms with van der Waals surface area (Å²) in [6.45, 7) is 0. The van der Waals surface area contributed by atoms with Gasteiger partial charge in [-0.3, -0.25) is 9.59 Å². The highest BCUT2D eigenvalue weighted by molar-refractivity contribution is 8.03. The molecule has 0 fully saturated rings. The first-order chi connectivity index (χ1) is 14.1. The molecule has 7 heteroatoms. The minimum absolute atomic E-state index is 0.258. The fourth-order valence-corrected chi connectivity index (χ4v) is 4.10. The number of anilines is 1. The quantitative estimate of drug-likeness (QED) is 0.555. The van der Waals surface area contributed by atoms with Crippen LogP contribution in [0.2, 0.25) is 0 Å². The lowest BCUT2D eigenvalue weighted by Gasteiger charge is -2.15. The van der Waals surface area contributed by atoms with E-state index in [9.17, 15) is 14.0 Å². The van der Waals surface area contributed by atoms with Gasteiger partial charge in [-0.05, 0) is 42.5 Å². The molecular formula is C22H16FNO4S.